The standard InChI is InChI=1S/C16H13N3O5/c1-10-3-2-4-11(5-10)16(20)18-17-8-12-6-14-15(24-9-23-14)7-13(12)19(21)22/h2-8H,9H2,1H3,(H,18,20)/b17-8-. The molecule has 1 N–H and O–H groups in total. The van der Waals surface area contributed by atoms with E-state index in [0.717, 1.165) is 5.56 Å². The summed E-state index contributed by atoms with van der Waals surface area (Å²) in [5.74, 6) is 0.299. The third kappa shape index (κ3) is 3.17. The molecule has 1 aliphatic heterocycles. The fourth-order valence-electron chi connectivity index (χ4n) is 2.22. The van der Waals surface area contributed by atoms with Gasteiger partial charge in [0.2, 0.25) is 6.79 Å². The van der Waals surface area contributed by atoms with Crippen LogP contribution in [0, 0.1) is 17.0 Å². The minimum atomic E-state index is -0.550. The Hall–Kier alpha value is -3.42. The van der Waals surface area contributed by atoms with Crippen LogP contribution in [0.2, 0.25) is 0 Å². The third-order valence-corrected chi connectivity index (χ3v) is 3.37. The average molecular weight is 327 g/mol. The molecular formula is C16H13N3O5. The Balaban J connectivity index is 1.79. The van der Waals surface area contributed by atoms with Crippen molar-refractivity contribution in [3.8, 4) is 11.5 Å². The van der Waals surface area contributed by atoms with Crippen molar-refractivity contribution in [2.75, 3.05) is 6.79 Å². The van der Waals surface area contributed by atoms with E-state index in [1.807, 2.05) is 13.0 Å². The molecule has 0 atom stereocenters. The lowest BCUT2D eigenvalue weighted by molar-refractivity contribution is -0.385. The number of nitrogens with one attached hydrogen (secondary N) is 1. The van der Waals surface area contributed by atoms with Crippen LogP contribution in [-0.2, 0) is 0 Å². The fourth-order valence-corrected chi connectivity index (χ4v) is 2.22. The molecule has 2 aromatic carbocycles. The molecule has 122 valence electrons. The zero-order chi connectivity index (χ0) is 17.1. The Kier molecular flexibility index (Phi) is 4.11. The van der Waals surface area contributed by atoms with E-state index < -0.39 is 10.8 Å². The first-order valence-corrected chi connectivity index (χ1v) is 7.03. The number of hydrogen-bond donors (Lipinski definition) is 1. The van der Waals surface area contributed by atoms with Crippen LogP contribution in [0.25, 0.3) is 0 Å². The molecular weight excluding hydrogens is 314 g/mol. The van der Waals surface area contributed by atoms with Gasteiger partial charge in [-0.1, -0.05) is 17.7 Å². The summed E-state index contributed by atoms with van der Waals surface area (Å²) in [5, 5.41) is 14.9. The summed E-state index contributed by atoms with van der Waals surface area (Å²) in [4.78, 5) is 22.6. The van der Waals surface area contributed by atoms with Crippen molar-refractivity contribution in [3.63, 3.8) is 0 Å². The lowest BCUT2D eigenvalue weighted by Crippen LogP contribution is -2.17. The average Bonchev–Trinajstić information content (AvgIpc) is 3.01. The number of carbonyl (C=O) groups is 1. The molecule has 8 nitrogen and oxygen atoms in total. The quantitative estimate of drug-likeness (QED) is 0.527. The van der Waals surface area contributed by atoms with Crippen LogP contribution < -0.4 is 14.9 Å². The summed E-state index contributed by atoms with van der Waals surface area (Å²) in [6, 6.07) is 9.72. The van der Waals surface area contributed by atoms with Gasteiger partial charge in [0.1, 0.15) is 0 Å². The largest absolute Gasteiger partial charge is 0.454 e. The van der Waals surface area contributed by atoms with E-state index in [1.54, 1.807) is 18.2 Å². The molecule has 1 aliphatic rings. The van der Waals surface area contributed by atoms with Crippen LogP contribution in [0.5, 0.6) is 11.5 Å². The number of nitro benzene ring substituents is 1. The molecule has 2 aromatic rings. The monoisotopic (exact) mass is 327 g/mol. The van der Waals surface area contributed by atoms with Crippen LogP contribution in [0.1, 0.15) is 21.5 Å². The summed E-state index contributed by atoms with van der Waals surface area (Å²) < 4.78 is 10.3. The van der Waals surface area contributed by atoms with Gasteiger partial charge in [-0.15, -0.1) is 0 Å². The number of ether oxygens (including phenoxy) is 2. The molecule has 0 fully saturated rings. The maximum absolute atomic E-state index is 12.0. The predicted molar refractivity (Wildman–Crippen MR) is 85.5 cm³/mol. The number of nitrogens with zero attached hydrogens (tertiary/aromatic N) is 2. The van der Waals surface area contributed by atoms with Crippen LogP contribution in [0.15, 0.2) is 41.5 Å². The van der Waals surface area contributed by atoms with Crippen LogP contribution in [-0.4, -0.2) is 23.8 Å². The number of hydrogen-bond acceptors (Lipinski definition) is 6. The molecule has 8 heteroatoms. The third-order valence-electron chi connectivity index (χ3n) is 3.37. The second-order valence-electron chi connectivity index (χ2n) is 5.09. The van der Waals surface area contributed by atoms with Gasteiger partial charge in [-0.25, -0.2) is 5.43 Å². The molecule has 0 bridgehead atoms. The van der Waals surface area contributed by atoms with E-state index in [1.165, 1.54) is 18.3 Å². The Morgan fingerprint density at radius 1 is 1.29 bits per heavy atom. The first kappa shape index (κ1) is 15.5. The minimum absolute atomic E-state index is 0.0111. The highest BCUT2D eigenvalue weighted by Crippen LogP contribution is 2.37. The van der Waals surface area contributed by atoms with Crippen molar-refractivity contribution < 1.29 is 19.2 Å². The van der Waals surface area contributed by atoms with Gasteiger partial charge in [0.05, 0.1) is 22.8 Å². The highest BCUT2D eigenvalue weighted by Gasteiger charge is 2.22. The lowest BCUT2D eigenvalue weighted by Gasteiger charge is -2.02. The molecule has 0 aromatic heterocycles. The van der Waals surface area contributed by atoms with Crippen molar-refractivity contribution in [2.45, 2.75) is 6.92 Å². The molecule has 0 saturated heterocycles. The zero-order valence-electron chi connectivity index (χ0n) is 12.7. The molecule has 0 unspecified atom stereocenters. The second-order valence-corrected chi connectivity index (χ2v) is 5.09. The summed E-state index contributed by atoms with van der Waals surface area (Å²) in [6.45, 7) is 1.88. The van der Waals surface area contributed by atoms with Gasteiger partial charge in [0, 0.05) is 5.56 Å². The number of fused-ring (bicyclic) bond motifs is 1. The number of hydrazone groups is 1. The number of carbonyl (C=O) groups excluding carboxylic acids is 1. The molecule has 24 heavy (non-hydrogen) atoms. The molecule has 1 heterocycles. The Morgan fingerprint density at radius 3 is 2.75 bits per heavy atom. The molecule has 0 saturated carbocycles. The van der Waals surface area contributed by atoms with Crippen LogP contribution in [0.3, 0.4) is 0 Å². The van der Waals surface area contributed by atoms with E-state index in [4.69, 9.17) is 9.47 Å². The first-order chi connectivity index (χ1) is 11.5. The number of nitro groups is 1. The van der Waals surface area contributed by atoms with E-state index in [9.17, 15) is 14.9 Å². The van der Waals surface area contributed by atoms with Gasteiger partial charge in [-0.2, -0.15) is 5.10 Å². The Bertz CT molecular complexity index is 848. The fraction of sp³-hybridized carbons (Fsp3) is 0.125. The van der Waals surface area contributed by atoms with E-state index >= 15 is 0 Å². The van der Waals surface area contributed by atoms with Crippen molar-refractivity contribution in [1.82, 2.24) is 5.43 Å². The number of amides is 1. The molecule has 0 spiro atoms. The van der Waals surface area contributed by atoms with Crippen molar-refractivity contribution >= 4 is 17.8 Å². The molecule has 3 rings (SSSR count). The van der Waals surface area contributed by atoms with Crippen molar-refractivity contribution in [1.29, 1.82) is 0 Å². The SMILES string of the molecule is Cc1cccc(C(=O)N/N=C\c2cc3c(cc2[N+](=O)[O-])OCO3)c1. The number of rotatable bonds is 4. The molecule has 0 radical (unpaired) electrons. The number of benzene rings is 2. The van der Waals surface area contributed by atoms with Gasteiger partial charge in [0.15, 0.2) is 11.5 Å². The van der Waals surface area contributed by atoms with E-state index in [-0.39, 0.29) is 18.0 Å². The predicted octanol–water partition coefficient (Wildman–Crippen LogP) is 2.40. The number of aryl methyl sites for hydroxylation is 1. The Labute approximate surface area is 136 Å². The summed E-state index contributed by atoms with van der Waals surface area (Å²) >= 11 is 0. The van der Waals surface area contributed by atoms with Crippen molar-refractivity contribution in [2.24, 2.45) is 5.10 Å². The lowest BCUT2D eigenvalue weighted by atomic mass is 10.1. The van der Waals surface area contributed by atoms with Crippen LogP contribution in [0.4, 0.5) is 5.69 Å². The van der Waals surface area contributed by atoms with E-state index in [2.05, 4.69) is 10.5 Å². The van der Waals surface area contributed by atoms with Gasteiger partial charge >= 0.3 is 0 Å². The van der Waals surface area contributed by atoms with Gasteiger partial charge in [-0.3, -0.25) is 14.9 Å². The van der Waals surface area contributed by atoms with Gasteiger partial charge in [-0.05, 0) is 25.1 Å². The second kappa shape index (κ2) is 6.37. The van der Waals surface area contributed by atoms with Gasteiger partial charge in [0.25, 0.3) is 11.6 Å². The molecule has 0 aliphatic carbocycles. The zero-order valence-corrected chi connectivity index (χ0v) is 12.7. The van der Waals surface area contributed by atoms with E-state index in [0.29, 0.717) is 17.1 Å². The first-order valence-electron chi connectivity index (χ1n) is 7.03. The maximum atomic E-state index is 12.0. The smallest absolute Gasteiger partial charge is 0.282 e. The summed E-state index contributed by atoms with van der Waals surface area (Å²) in [6.07, 6.45) is 1.20. The molecule has 1 amide bonds. The highest BCUT2D eigenvalue weighted by molar-refractivity contribution is 5.95. The topological polar surface area (TPSA) is 103 Å². The summed E-state index contributed by atoms with van der Waals surface area (Å²) in [7, 11) is 0. The highest BCUT2D eigenvalue weighted by atomic mass is 16.7. The minimum Gasteiger partial charge on any atom is -0.454 e. The maximum Gasteiger partial charge on any atom is 0.282 e. The van der Waals surface area contributed by atoms with Crippen molar-refractivity contribution in [3.05, 3.63) is 63.2 Å². The normalized spacial score (nSPS) is 12.4. The van der Waals surface area contributed by atoms with Crippen LogP contribution >= 0.6 is 0 Å². The Morgan fingerprint density at radius 2 is 2.04 bits per heavy atom. The summed E-state index contributed by atoms with van der Waals surface area (Å²) in [5.41, 5.74) is 3.75. The van der Waals surface area contributed by atoms with Gasteiger partial charge < -0.3 is 9.47 Å².